The lowest BCUT2D eigenvalue weighted by atomic mass is 10.1. The lowest BCUT2D eigenvalue weighted by Crippen LogP contribution is -2.00. The molecule has 3 aromatic carbocycles. The minimum absolute atomic E-state index is 0.332. The maximum absolute atomic E-state index is 11.0. The Bertz CT molecular complexity index is 994. The van der Waals surface area contributed by atoms with E-state index in [1.807, 2.05) is 48.5 Å². The predicted molar refractivity (Wildman–Crippen MR) is 95.9 cm³/mol. The van der Waals surface area contributed by atoms with E-state index in [2.05, 4.69) is 0 Å². The molecule has 0 bridgehead atoms. The number of para-hydroxylation sites is 1. The Morgan fingerprint density at radius 2 is 1.76 bits per heavy atom. The number of nitriles is 1. The van der Waals surface area contributed by atoms with Crippen molar-refractivity contribution < 1.29 is 14.6 Å². The highest BCUT2D eigenvalue weighted by atomic mass is 16.5. The van der Waals surface area contributed by atoms with Crippen molar-refractivity contribution in [2.24, 2.45) is 0 Å². The van der Waals surface area contributed by atoms with Gasteiger partial charge in [-0.1, -0.05) is 60.7 Å². The van der Waals surface area contributed by atoms with E-state index in [-0.39, 0.29) is 5.57 Å². The van der Waals surface area contributed by atoms with Gasteiger partial charge < -0.3 is 9.84 Å². The highest BCUT2D eigenvalue weighted by Crippen LogP contribution is 2.24. The topological polar surface area (TPSA) is 70.3 Å². The number of carboxylic acid groups (broad SMARTS) is 1. The molecule has 0 heterocycles. The molecule has 0 spiro atoms. The van der Waals surface area contributed by atoms with Gasteiger partial charge in [-0.15, -0.1) is 0 Å². The third kappa shape index (κ3) is 3.67. The van der Waals surface area contributed by atoms with Crippen LogP contribution in [0.15, 0.2) is 72.3 Å². The van der Waals surface area contributed by atoms with Gasteiger partial charge in [-0.2, -0.15) is 5.26 Å². The lowest BCUT2D eigenvalue weighted by Gasteiger charge is -2.11. The average Bonchev–Trinajstić information content (AvgIpc) is 2.65. The Morgan fingerprint density at radius 3 is 2.56 bits per heavy atom. The molecule has 0 saturated carbocycles. The molecule has 0 unspecified atom stereocenters. The first-order chi connectivity index (χ1) is 12.2. The molecule has 25 heavy (non-hydrogen) atoms. The molecule has 0 amide bonds. The summed E-state index contributed by atoms with van der Waals surface area (Å²) < 4.78 is 5.91. The van der Waals surface area contributed by atoms with Crippen LogP contribution in [0, 0.1) is 11.3 Å². The molecule has 0 radical (unpaired) electrons. The van der Waals surface area contributed by atoms with Crippen LogP contribution in [-0.2, 0) is 11.4 Å². The van der Waals surface area contributed by atoms with Crippen LogP contribution in [0.2, 0.25) is 0 Å². The van der Waals surface area contributed by atoms with Crippen molar-refractivity contribution in [3.63, 3.8) is 0 Å². The van der Waals surface area contributed by atoms with E-state index in [1.165, 1.54) is 6.08 Å². The van der Waals surface area contributed by atoms with Gasteiger partial charge >= 0.3 is 5.97 Å². The molecule has 4 nitrogen and oxygen atoms in total. The van der Waals surface area contributed by atoms with Crippen LogP contribution in [0.3, 0.4) is 0 Å². The SMILES string of the molecule is N#CC(=Cc1ccccc1OCc1cccc2ccccc12)C(=O)O. The molecule has 0 fully saturated rings. The molecule has 0 saturated heterocycles. The van der Waals surface area contributed by atoms with Crippen LogP contribution in [0.25, 0.3) is 16.8 Å². The summed E-state index contributed by atoms with van der Waals surface area (Å²) in [6.07, 6.45) is 1.32. The second kappa shape index (κ2) is 7.33. The monoisotopic (exact) mass is 329 g/mol. The molecule has 3 rings (SSSR count). The third-order valence-corrected chi connectivity index (χ3v) is 3.83. The zero-order valence-electron chi connectivity index (χ0n) is 13.3. The molecule has 122 valence electrons. The first kappa shape index (κ1) is 16.3. The van der Waals surface area contributed by atoms with E-state index >= 15 is 0 Å². The summed E-state index contributed by atoms with van der Waals surface area (Å²) in [5.41, 5.74) is 1.26. The van der Waals surface area contributed by atoms with Crippen molar-refractivity contribution in [2.75, 3.05) is 0 Å². The van der Waals surface area contributed by atoms with Crippen molar-refractivity contribution in [3.05, 3.63) is 83.4 Å². The van der Waals surface area contributed by atoms with Gasteiger partial charge in [-0.3, -0.25) is 0 Å². The number of hydrogen-bond donors (Lipinski definition) is 1. The molecule has 3 aromatic rings. The Labute approximate surface area is 145 Å². The quantitative estimate of drug-likeness (QED) is 0.556. The number of carboxylic acids is 1. The van der Waals surface area contributed by atoms with Crippen molar-refractivity contribution in [3.8, 4) is 11.8 Å². The first-order valence-corrected chi connectivity index (χ1v) is 7.72. The number of benzene rings is 3. The number of nitrogens with zero attached hydrogens (tertiary/aromatic N) is 1. The third-order valence-electron chi connectivity index (χ3n) is 3.83. The van der Waals surface area contributed by atoms with Crippen molar-refractivity contribution >= 4 is 22.8 Å². The summed E-state index contributed by atoms with van der Waals surface area (Å²) in [5, 5.41) is 20.2. The maximum atomic E-state index is 11.0. The fourth-order valence-electron chi connectivity index (χ4n) is 2.60. The van der Waals surface area contributed by atoms with E-state index in [1.54, 1.807) is 24.3 Å². The molecular formula is C21H15NO3. The van der Waals surface area contributed by atoms with Crippen molar-refractivity contribution in [1.29, 1.82) is 5.26 Å². The van der Waals surface area contributed by atoms with Crippen LogP contribution in [0.5, 0.6) is 5.75 Å². The van der Waals surface area contributed by atoms with Crippen LogP contribution in [0.4, 0.5) is 0 Å². The van der Waals surface area contributed by atoms with Gasteiger partial charge in [0, 0.05) is 5.56 Å². The molecule has 0 aliphatic rings. The smallest absolute Gasteiger partial charge is 0.346 e. The number of ether oxygens (including phenoxy) is 1. The van der Waals surface area contributed by atoms with Gasteiger partial charge in [0.05, 0.1) is 0 Å². The number of rotatable bonds is 5. The molecular weight excluding hydrogens is 314 g/mol. The number of hydrogen-bond acceptors (Lipinski definition) is 3. The average molecular weight is 329 g/mol. The first-order valence-electron chi connectivity index (χ1n) is 7.72. The van der Waals surface area contributed by atoms with E-state index < -0.39 is 5.97 Å². The second-order valence-electron chi connectivity index (χ2n) is 5.44. The van der Waals surface area contributed by atoms with Crippen molar-refractivity contribution in [1.82, 2.24) is 0 Å². The van der Waals surface area contributed by atoms with Crippen molar-refractivity contribution in [2.45, 2.75) is 6.61 Å². The van der Waals surface area contributed by atoms with Crippen LogP contribution in [-0.4, -0.2) is 11.1 Å². The van der Waals surface area contributed by atoms with Crippen LogP contribution in [0.1, 0.15) is 11.1 Å². The van der Waals surface area contributed by atoms with Gasteiger partial charge in [-0.05, 0) is 28.5 Å². The molecule has 0 atom stereocenters. The largest absolute Gasteiger partial charge is 0.488 e. The van der Waals surface area contributed by atoms with Crippen LogP contribution < -0.4 is 4.74 Å². The van der Waals surface area contributed by atoms with Gasteiger partial charge in [0.2, 0.25) is 0 Å². The molecule has 0 aliphatic heterocycles. The molecule has 0 aromatic heterocycles. The highest BCUT2D eigenvalue weighted by Gasteiger charge is 2.09. The standard InChI is InChI=1S/C21H15NO3/c22-13-18(21(23)24)12-16-7-2-4-11-20(16)25-14-17-9-5-8-15-6-1-3-10-19(15)17/h1-12H,14H2,(H,23,24). The lowest BCUT2D eigenvalue weighted by molar-refractivity contribution is -0.132. The van der Waals surface area contributed by atoms with Gasteiger partial charge in [0.15, 0.2) is 0 Å². The summed E-state index contributed by atoms with van der Waals surface area (Å²) >= 11 is 0. The minimum atomic E-state index is -1.26. The number of aliphatic carboxylic acids is 1. The van der Waals surface area contributed by atoms with Gasteiger partial charge in [0.1, 0.15) is 24.0 Å². The Kier molecular flexibility index (Phi) is 4.77. The summed E-state index contributed by atoms with van der Waals surface area (Å²) in [4.78, 5) is 11.0. The summed E-state index contributed by atoms with van der Waals surface area (Å²) in [6.45, 7) is 0.348. The maximum Gasteiger partial charge on any atom is 0.346 e. The zero-order chi connectivity index (χ0) is 17.6. The summed E-state index contributed by atoms with van der Waals surface area (Å²) in [6, 6.07) is 22.8. The summed E-state index contributed by atoms with van der Waals surface area (Å²) in [7, 11) is 0. The van der Waals surface area contributed by atoms with Gasteiger partial charge in [-0.25, -0.2) is 4.79 Å². The highest BCUT2D eigenvalue weighted by molar-refractivity contribution is 5.96. The van der Waals surface area contributed by atoms with Gasteiger partial charge in [0.25, 0.3) is 0 Å². The Hall–Kier alpha value is -3.58. The van der Waals surface area contributed by atoms with Crippen LogP contribution >= 0.6 is 0 Å². The fraction of sp³-hybridized carbons (Fsp3) is 0.0476. The fourth-order valence-corrected chi connectivity index (χ4v) is 2.60. The second-order valence-corrected chi connectivity index (χ2v) is 5.44. The number of carbonyl (C=O) groups is 1. The molecule has 0 aliphatic carbocycles. The minimum Gasteiger partial charge on any atom is -0.488 e. The molecule has 4 heteroatoms. The zero-order valence-corrected chi connectivity index (χ0v) is 13.3. The van der Waals surface area contributed by atoms with E-state index in [0.29, 0.717) is 17.9 Å². The number of fused-ring (bicyclic) bond motifs is 1. The van der Waals surface area contributed by atoms with E-state index in [4.69, 9.17) is 15.1 Å². The predicted octanol–water partition coefficient (Wildman–Crippen LogP) is 4.41. The normalized spacial score (nSPS) is 11.1. The van der Waals surface area contributed by atoms with E-state index in [0.717, 1.165) is 16.3 Å². The Balaban J connectivity index is 1.89. The Morgan fingerprint density at radius 1 is 1.04 bits per heavy atom. The van der Waals surface area contributed by atoms with E-state index in [9.17, 15) is 4.79 Å². The molecule has 1 N–H and O–H groups in total. The summed E-state index contributed by atoms with van der Waals surface area (Å²) in [5.74, 6) is -0.726.